The number of ether oxygens (including phenoxy) is 4. The summed E-state index contributed by atoms with van der Waals surface area (Å²) in [7, 11) is 0.0338. The molecule has 0 amide bonds. The van der Waals surface area contributed by atoms with Crippen LogP contribution in [0.3, 0.4) is 0 Å². The fourth-order valence-corrected chi connectivity index (χ4v) is 7.52. The van der Waals surface area contributed by atoms with Crippen molar-refractivity contribution in [3.63, 3.8) is 0 Å². The lowest BCUT2D eigenvalue weighted by Crippen LogP contribution is -2.47. The van der Waals surface area contributed by atoms with Gasteiger partial charge < -0.3 is 18.9 Å². The summed E-state index contributed by atoms with van der Waals surface area (Å²) >= 11 is 0. The van der Waals surface area contributed by atoms with E-state index < -0.39 is 0 Å². The second kappa shape index (κ2) is 12.9. The average Bonchev–Trinajstić information content (AvgIpc) is 2.90. The van der Waals surface area contributed by atoms with Crippen LogP contribution >= 0.6 is 0 Å². The number of ketones is 1. The van der Waals surface area contributed by atoms with Gasteiger partial charge >= 0.3 is 0 Å². The molecular weight excluding hydrogens is 496 g/mol. The molecule has 0 saturated carbocycles. The number of carbonyl (C=O) groups excluding carboxylic acids is 1. The van der Waals surface area contributed by atoms with E-state index in [4.69, 9.17) is 18.9 Å². The zero-order chi connectivity index (χ0) is 27.1. The van der Waals surface area contributed by atoms with Crippen molar-refractivity contribution in [1.29, 1.82) is 0 Å². The van der Waals surface area contributed by atoms with Crippen LogP contribution in [-0.2, 0) is 15.6 Å². The number of rotatable bonds is 11. The van der Waals surface area contributed by atoms with Crippen LogP contribution < -0.4 is 14.2 Å². The van der Waals surface area contributed by atoms with Crippen LogP contribution in [0.4, 0.5) is 0 Å². The molecule has 204 valence electrons. The Morgan fingerprint density at radius 3 is 2.00 bits per heavy atom. The molecule has 1 atom stereocenters. The summed E-state index contributed by atoms with van der Waals surface area (Å²) in [5.41, 5.74) is 0.644. The Bertz CT molecular complexity index is 1210. The lowest BCUT2D eigenvalue weighted by molar-refractivity contribution is 0.0946. The predicted molar refractivity (Wildman–Crippen MR) is 158 cm³/mol. The monoisotopic (exact) mass is 537 g/mol. The second-order valence-corrected chi connectivity index (χ2v) is 13.2. The van der Waals surface area contributed by atoms with Crippen molar-refractivity contribution >= 4 is 27.5 Å². The maximum Gasteiger partial charge on any atom is 0.215 e. The highest BCUT2D eigenvalue weighted by molar-refractivity contribution is 7.98. The molecule has 1 aliphatic rings. The SMILES string of the molecule is CCCOc1cc2ccc(Oc3ccc(C(=O)C([S+]4CCOCC4)C(C)(C)C)cc3)cc2cc1OCCC. The zero-order valence-electron chi connectivity index (χ0n) is 23.4. The minimum Gasteiger partial charge on any atom is -0.490 e. The van der Waals surface area contributed by atoms with Gasteiger partial charge in [0.15, 0.2) is 16.7 Å². The van der Waals surface area contributed by atoms with Gasteiger partial charge in [0.1, 0.15) is 23.0 Å². The minimum absolute atomic E-state index is 0.00558. The molecule has 3 aromatic rings. The third kappa shape index (κ3) is 7.03. The molecule has 1 fully saturated rings. The van der Waals surface area contributed by atoms with Crippen LogP contribution in [0.5, 0.6) is 23.0 Å². The maximum absolute atomic E-state index is 13.6. The summed E-state index contributed by atoms with van der Waals surface area (Å²) in [6.45, 7) is 13.5. The largest absolute Gasteiger partial charge is 0.490 e. The first kappa shape index (κ1) is 28.3. The minimum atomic E-state index is -0.0983. The van der Waals surface area contributed by atoms with Crippen LogP contribution in [0.25, 0.3) is 10.8 Å². The summed E-state index contributed by atoms with van der Waals surface area (Å²) < 4.78 is 23.6. The summed E-state index contributed by atoms with van der Waals surface area (Å²) in [6, 6.07) is 17.6. The van der Waals surface area contributed by atoms with Crippen molar-refractivity contribution in [2.24, 2.45) is 5.41 Å². The molecule has 0 spiro atoms. The van der Waals surface area contributed by atoms with Crippen molar-refractivity contribution < 1.29 is 23.7 Å². The van der Waals surface area contributed by atoms with Crippen LogP contribution in [0.2, 0.25) is 0 Å². The van der Waals surface area contributed by atoms with E-state index in [-0.39, 0.29) is 27.3 Å². The van der Waals surface area contributed by atoms with Gasteiger partial charge in [0.2, 0.25) is 5.78 Å². The van der Waals surface area contributed by atoms with Gasteiger partial charge in [-0.2, -0.15) is 0 Å². The number of fused-ring (bicyclic) bond motifs is 1. The normalized spacial score (nSPS) is 15.3. The van der Waals surface area contributed by atoms with Crippen molar-refractivity contribution in [1.82, 2.24) is 0 Å². The van der Waals surface area contributed by atoms with Crippen molar-refractivity contribution in [2.45, 2.75) is 52.7 Å². The first-order valence-electron chi connectivity index (χ1n) is 13.7. The smallest absolute Gasteiger partial charge is 0.215 e. The molecule has 1 aliphatic heterocycles. The molecule has 1 saturated heterocycles. The van der Waals surface area contributed by atoms with Gasteiger partial charge in [0, 0.05) is 21.9 Å². The summed E-state index contributed by atoms with van der Waals surface area (Å²) in [5, 5.41) is 2.08. The second-order valence-electron chi connectivity index (χ2n) is 10.8. The number of carbonyl (C=O) groups is 1. The van der Waals surface area contributed by atoms with E-state index in [9.17, 15) is 4.79 Å². The molecule has 6 heteroatoms. The number of Topliss-reactive ketones (excluding diaryl/α,β-unsaturated/α-hetero) is 1. The molecular formula is C32H41O5S+. The fraction of sp³-hybridized carbons (Fsp3) is 0.469. The van der Waals surface area contributed by atoms with Gasteiger partial charge in [-0.25, -0.2) is 0 Å². The Morgan fingerprint density at radius 1 is 0.842 bits per heavy atom. The Hall–Kier alpha value is -2.70. The van der Waals surface area contributed by atoms with E-state index in [0.717, 1.165) is 71.1 Å². The van der Waals surface area contributed by atoms with E-state index in [2.05, 4.69) is 34.6 Å². The highest BCUT2D eigenvalue weighted by Crippen LogP contribution is 2.36. The lowest BCUT2D eigenvalue weighted by atomic mass is 9.87. The van der Waals surface area contributed by atoms with Gasteiger partial charge in [0.25, 0.3) is 0 Å². The Balaban J connectivity index is 1.51. The van der Waals surface area contributed by atoms with Crippen LogP contribution in [0, 0.1) is 5.41 Å². The summed E-state index contributed by atoms with van der Waals surface area (Å²) in [4.78, 5) is 13.6. The Morgan fingerprint density at radius 2 is 1.42 bits per heavy atom. The van der Waals surface area contributed by atoms with E-state index in [1.807, 2.05) is 54.6 Å². The first-order chi connectivity index (χ1) is 18.3. The fourth-order valence-electron chi connectivity index (χ4n) is 4.74. The molecule has 1 unspecified atom stereocenters. The standard InChI is InChI=1S/C32H41O5S/c1-6-14-35-28-21-24-10-13-27(20-25(24)22-29(28)36-15-7-2)37-26-11-8-23(9-12-26)30(33)31(32(3,4)5)38-18-16-34-17-19-38/h8-13,20-22,31H,6-7,14-19H2,1-5H3/q+1. The molecule has 0 bridgehead atoms. The van der Waals surface area contributed by atoms with Crippen molar-refractivity contribution in [3.8, 4) is 23.0 Å². The quantitative estimate of drug-likeness (QED) is 0.188. The molecule has 3 aromatic carbocycles. The maximum atomic E-state index is 13.6. The number of hydrogen-bond acceptors (Lipinski definition) is 5. The van der Waals surface area contributed by atoms with E-state index in [1.165, 1.54) is 0 Å². The third-order valence-corrected chi connectivity index (χ3v) is 9.48. The molecule has 0 aliphatic carbocycles. The van der Waals surface area contributed by atoms with E-state index >= 15 is 0 Å². The highest BCUT2D eigenvalue weighted by atomic mass is 32.2. The molecule has 38 heavy (non-hydrogen) atoms. The van der Waals surface area contributed by atoms with Gasteiger partial charge in [-0.15, -0.1) is 0 Å². The molecule has 5 nitrogen and oxygen atoms in total. The van der Waals surface area contributed by atoms with Crippen molar-refractivity contribution in [3.05, 3.63) is 60.2 Å². The van der Waals surface area contributed by atoms with Gasteiger partial charge in [-0.3, -0.25) is 4.79 Å². The van der Waals surface area contributed by atoms with E-state index in [0.29, 0.717) is 19.0 Å². The zero-order valence-corrected chi connectivity index (χ0v) is 24.2. The Kier molecular flexibility index (Phi) is 9.61. The average molecular weight is 538 g/mol. The Labute approximate surface area is 230 Å². The van der Waals surface area contributed by atoms with Gasteiger partial charge in [0.05, 0.1) is 26.4 Å². The topological polar surface area (TPSA) is 54.0 Å². The summed E-state index contributed by atoms with van der Waals surface area (Å²) in [5.74, 6) is 5.12. The number of hydrogen-bond donors (Lipinski definition) is 0. The van der Waals surface area contributed by atoms with E-state index in [1.54, 1.807) is 0 Å². The van der Waals surface area contributed by atoms with Gasteiger partial charge in [-0.05, 0) is 72.1 Å². The predicted octanol–water partition coefficient (Wildman–Crippen LogP) is 7.46. The van der Waals surface area contributed by atoms with Crippen LogP contribution in [-0.4, -0.2) is 49.0 Å². The van der Waals surface area contributed by atoms with Crippen LogP contribution in [0.1, 0.15) is 57.8 Å². The van der Waals surface area contributed by atoms with Crippen LogP contribution in [0.15, 0.2) is 54.6 Å². The first-order valence-corrected chi connectivity index (χ1v) is 15.3. The summed E-state index contributed by atoms with van der Waals surface area (Å²) in [6.07, 6.45) is 1.87. The molecule has 1 heterocycles. The lowest BCUT2D eigenvalue weighted by Gasteiger charge is -2.31. The molecule has 0 aromatic heterocycles. The van der Waals surface area contributed by atoms with Gasteiger partial charge in [-0.1, -0.05) is 40.7 Å². The molecule has 4 rings (SSSR count). The third-order valence-electron chi connectivity index (χ3n) is 6.51. The molecule has 0 N–H and O–H groups in total. The van der Waals surface area contributed by atoms with Crippen molar-refractivity contribution in [2.75, 3.05) is 37.9 Å². The highest BCUT2D eigenvalue weighted by Gasteiger charge is 2.46. The molecule has 0 radical (unpaired) electrons. The number of benzene rings is 3.